The molecule has 6 heterocycles. The number of imidazole rings is 1. The molecule has 0 radical (unpaired) electrons. The summed E-state index contributed by atoms with van der Waals surface area (Å²) in [5.41, 5.74) is 0.924. The molecule has 17 heteroatoms. The standard InChI is InChI=1S/C38H43F2N11O2S2/c1-21(2)51-23(4)45-34-25(39)14-24(15-28(34)51)33-26(40)17-44-36(48-33)47-30-9-8-29(27(16-41)46-30)54-32-19-42-31(18-43-32)50-12-10-38(11-13-50)20-53-22(3)35(38)49-55(52)37(5,6)7/h8-9,14-15,17-19,21-22,35,49H,10-13,20H2,1-7H3,(H,44,46,47,48)/t22-,35+,55?/m0/s1. The van der Waals surface area contributed by atoms with Crippen LogP contribution in [0.4, 0.5) is 26.4 Å². The molecule has 0 saturated carbocycles. The molecule has 7 rings (SSSR count). The van der Waals surface area contributed by atoms with Gasteiger partial charge in [0.15, 0.2) is 17.3 Å². The molecule has 1 aromatic carbocycles. The number of pyridine rings is 1. The van der Waals surface area contributed by atoms with Gasteiger partial charge in [-0.05, 0) is 85.6 Å². The van der Waals surface area contributed by atoms with Crippen LogP contribution >= 0.6 is 11.8 Å². The Morgan fingerprint density at radius 1 is 1.05 bits per heavy atom. The maximum Gasteiger partial charge on any atom is 0.229 e. The molecule has 0 aliphatic carbocycles. The summed E-state index contributed by atoms with van der Waals surface area (Å²) in [6.45, 7) is 15.8. The van der Waals surface area contributed by atoms with Crippen molar-refractivity contribution < 1.29 is 17.7 Å². The summed E-state index contributed by atoms with van der Waals surface area (Å²) in [7, 11) is -1.19. The average molecular weight is 788 g/mol. The number of nitrogens with one attached hydrogen (secondary N) is 2. The van der Waals surface area contributed by atoms with E-state index in [9.17, 15) is 9.47 Å². The topological polar surface area (TPSA) is 160 Å². The van der Waals surface area contributed by atoms with E-state index >= 15 is 8.78 Å². The molecule has 288 valence electrons. The van der Waals surface area contributed by atoms with Gasteiger partial charge >= 0.3 is 0 Å². The van der Waals surface area contributed by atoms with E-state index in [0.29, 0.717) is 27.9 Å². The minimum Gasteiger partial charge on any atom is -0.376 e. The van der Waals surface area contributed by atoms with E-state index in [1.807, 2.05) is 46.1 Å². The van der Waals surface area contributed by atoms with Gasteiger partial charge in [-0.2, -0.15) is 5.26 Å². The van der Waals surface area contributed by atoms with Crippen LogP contribution in [0.2, 0.25) is 0 Å². The van der Waals surface area contributed by atoms with Gasteiger partial charge < -0.3 is 19.5 Å². The lowest BCUT2D eigenvalue weighted by molar-refractivity contribution is 0.0973. The molecular weight excluding hydrogens is 745 g/mol. The van der Waals surface area contributed by atoms with Crippen molar-refractivity contribution in [1.82, 2.24) is 39.2 Å². The Labute approximate surface area is 325 Å². The number of rotatable bonds is 9. The number of aryl methyl sites for hydroxylation is 1. The van der Waals surface area contributed by atoms with Gasteiger partial charge in [0.05, 0.1) is 63.5 Å². The third kappa shape index (κ3) is 7.77. The third-order valence-corrected chi connectivity index (χ3v) is 12.7. The van der Waals surface area contributed by atoms with Gasteiger partial charge in [0.1, 0.15) is 39.8 Å². The predicted octanol–water partition coefficient (Wildman–Crippen LogP) is 7.04. The van der Waals surface area contributed by atoms with Crippen molar-refractivity contribution in [2.75, 3.05) is 29.9 Å². The van der Waals surface area contributed by atoms with Gasteiger partial charge in [-0.3, -0.25) is 0 Å². The molecule has 55 heavy (non-hydrogen) atoms. The van der Waals surface area contributed by atoms with Crippen molar-refractivity contribution in [3.05, 3.63) is 66.0 Å². The minimum absolute atomic E-state index is 0.00209. The number of nitriles is 1. The summed E-state index contributed by atoms with van der Waals surface area (Å²) in [5, 5.41) is 13.5. The zero-order chi connectivity index (χ0) is 39.2. The molecule has 2 fully saturated rings. The molecule has 2 N–H and O–H groups in total. The maximum absolute atomic E-state index is 15.2. The highest BCUT2D eigenvalue weighted by atomic mass is 32.2. The molecule has 13 nitrogen and oxygen atoms in total. The van der Waals surface area contributed by atoms with E-state index in [1.54, 1.807) is 37.5 Å². The largest absolute Gasteiger partial charge is 0.376 e. The Balaban J connectivity index is 1.02. The number of halogens is 2. The van der Waals surface area contributed by atoms with Gasteiger partial charge in [-0.15, -0.1) is 0 Å². The van der Waals surface area contributed by atoms with E-state index in [0.717, 1.165) is 37.9 Å². The first kappa shape index (κ1) is 38.6. The molecule has 0 bridgehead atoms. The summed E-state index contributed by atoms with van der Waals surface area (Å²) in [5.74, 6) is 0.393. The summed E-state index contributed by atoms with van der Waals surface area (Å²) < 4.78 is 54.2. The lowest BCUT2D eigenvalue weighted by Gasteiger charge is -2.43. The van der Waals surface area contributed by atoms with Gasteiger partial charge in [-0.1, -0.05) is 11.8 Å². The quantitative estimate of drug-likeness (QED) is 0.157. The Hall–Kier alpha value is -4.63. The number of fused-ring (bicyclic) bond motifs is 1. The number of hydrogen-bond acceptors (Lipinski definition) is 12. The van der Waals surface area contributed by atoms with Crippen LogP contribution in [0.3, 0.4) is 0 Å². The van der Waals surface area contributed by atoms with E-state index in [1.165, 1.54) is 17.8 Å². The van der Waals surface area contributed by atoms with Crippen LogP contribution in [-0.4, -0.2) is 75.3 Å². The predicted molar refractivity (Wildman–Crippen MR) is 208 cm³/mol. The molecule has 4 aromatic heterocycles. The van der Waals surface area contributed by atoms with Gasteiger partial charge in [0.25, 0.3) is 0 Å². The second-order valence-electron chi connectivity index (χ2n) is 15.3. The van der Waals surface area contributed by atoms with Crippen molar-refractivity contribution in [3.63, 3.8) is 0 Å². The molecule has 5 aromatic rings. The Bertz CT molecular complexity index is 2300. The van der Waals surface area contributed by atoms with Crippen LogP contribution in [0.15, 0.2) is 52.8 Å². The molecule has 2 aliphatic heterocycles. The van der Waals surface area contributed by atoms with Crippen molar-refractivity contribution in [3.8, 4) is 17.3 Å². The summed E-state index contributed by atoms with van der Waals surface area (Å²) in [4.78, 5) is 29.3. The van der Waals surface area contributed by atoms with Crippen molar-refractivity contribution in [1.29, 1.82) is 5.26 Å². The van der Waals surface area contributed by atoms with Gasteiger partial charge in [0.2, 0.25) is 5.95 Å². The number of benzene rings is 1. The second-order valence-corrected chi connectivity index (χ2v) is 18.3. The fraction of sp³-hybridized carbons (Fsp3) is 0.447. The molecule has 0 amide bonds. The van der Waals surface area contributed by atoms with E-state index in [2.05, 4.69) is 50.9 Å². The Kier molecular flexibility index (Phi) is 10.6. The van der Waals surface area contributed by atoms with E-state index < -0.39 is 22.6 Å². The van der Waals surface area contributed by atoms with E-state index in [-0.39, 0.29) is 62.6 Å². The van der Waals surface area contributed by atoms with E-state index in [4.69, 9.17) is 4.74 Å². The fourth-order valence-corrected chi connectivity index (χ4v) is 9.03. The zero-order valence-corrected chi connectivity index (χ0v) is 33.4. The normalized spacial score (nSPS) is 19.0. The first-order valence-corrected chi connectivity index (χ1v) is 20.1. The number of nitrogens with zero attached hydrogens (tertiary/aromatic N) is 9. The second kappa shape index (κ2) is 15.1. The van der Waals surface area contributed by atoms with Crippen molar-refractivity contribution in [2.45, 2.75) is 94.2 Å². The first-order chi connectivity index (χ1) is 26.2. The van der Waals surface area contributed by atoms with Gasteiger partial charge in [0, 0.05) is 30.1 Å². The van der Waals surface area contributed by atoms with Crippen LogP contribution < -0.4 is 14.9 Å². The smallest absolute Gasteiger partial charge is 0.229 e. The number of piperidine rings is 1. The first-order valence-electron chi connectivity index (χ1n) is 18.1. The lowest BCUT2D eigenvalue weighted by atomic mass is 9.73. The molecule has 1 unspecified atom stereocenters. The molecular formula is C38H43F2N11O2S2. The van der Waals surface area contributed by atoms with Crippen LogP contribution in [0.25, 0.3) is 22.3 Å². The molecule has 1 spiro atoms. The van der Waals surface area contributed by atoms with Crippen LogP contribution in [-0.2, 0) is 15.7 Å². The van der Waals surface area contributed by atoms with Crippen LogP contribution in [0.5, 0.6) is 0 Å². The highest BCUT2D eigenvalue weighted by Crippen LogP contribution is 2.43. The number of anilines is 3. The Morgan fingerprint density at radius 2 is 1.82 bits per heavy atom. The maximum atomic E-state index is 15.2. The summed E-state index contributed by atoms with van der Waals surface area (Å²) in [6, 6.07) is 8.40. The molecule has 2 saturated heterocycles. The monoisotopic (exact) mass is 787 g/mol. The summed E-state index contributed by atoms with van der Waals surface area (Å²) >= 11 is 1.26. The zero-order valence-electron chi connectivity index (χ0n) is 31.7. The molecule has 3 atom stereocenters. The average Bonchev–Trinajstić information content (AvgIpc) is 3.65. The SMILES string of the molecule is Cc1nc2c(F)cc(-c3nc(Nc4ccc(Sc5cnc(N6CCC7(CC6)CO[C@@H](C)[C@H]7NS(=O)C(C)(C)C)cn5)c(C#N)n4)ncc3F)cc2n1C(C)C. The van der Waals surface area contributed by atoms with Crippen molar-refractivity contribution >= 4 is 51.4 Å². The van der Waals surface area contributed by atoms with Crippen LogP contribution in [0, 0.1) is 35.3 Å². The van der Waals surface area contributed by atoms with Crippen molar-refractivity contribution in [2.24, 2.45) is 5.41 Å². The Morgan fingerprint density at radius 3 is 2.49 bits per heavy atom. The highest BCUT2D eigenvalue weighted by molar-refractivity contribution is 7.99. The number of hydrogen-bond donors (Lipinski definition) is 2. The number of ether oxygens (including phenoxy) is 1. The van der Waals surface area contributed by atoms with Crippen LogP contribution in [0.1, 0.15) is 71.9 Å². The minimum atomic E-state index is -1.19. The fourth-order valence-electron chi connectivity index (χ4n) is 7.25. The lowest BCUT2D eigenvalue weighted by Crippen LogP contribution is -2.55. The number of aromatic nitrogens is 7. The summed E-state index contributed by atoms with van der Waals surface area (Å²) in [6.07, 6.45) is 6.13. The third-order valence-electron chi connectivity index (χ3n) is 10.1. The molecule has 2 aliphatic rings. The highest BCUT2D eigenvalue weighted by Gasteiger charge is 2.50. The van der Waals surface area contributed by atoms with Gasteiger partial charge in [-0.25, -0.2) is 47.6 Å².